The number of anilines is 1. The molecule has 0 fully saturated rings. The van der Waals surface area contributed by atoms with Gasteiger partial charge in [0.2, 0.25) is 0 Å². The number of hydrogen-bond donors (Lipinski definition) is 1. The van der Waals surface area contributed by atoms with Crippen molar-refractivity contribution < 1.29 is 5.11 Å². The smallest absolute Gasteiger partial charge is 0.0702 e. The summed E-state index contributed by atoms with van der Waals surface area (Å²) in [6.07, 6.45) is 2.19. The van der Waals surface area contributed by atoms with Crippen LogP contribution in [0.25, 0.3) is 0 Å². The molecule has 0 aliphatic rings. The molecule has 1 rings (SSSR count). The van der Waals surface area contributed by atoms with Gasteiger partial charge in [-0.05, 0) is 25.0 Å². The summed E-state index contributed by atoms with van der Waals surface area (Å²) in [4.78, 5) is 2.29. The summed E-state index contributed by atoms with van der Waals surface area (Å²) in [5.74, 6) is 0. The molecule has 0 heterocycles. The molecular formula is C13H20ClNO. The lowest BCUT2D eigenvalue weighted by Crippen LogP contribution is -2.26. The van der Waals surface area contributed by atoms with Gasteiger partial charge < -0.3 is 10.0 Å². The highest BCUT2D eigenvalue weighted by molar-refractivity contribution is 6.30. The van der Waals surface area contributed by atoms with E-state index in [1.165, 1.54) is 0 Å². The van der Waals surface area contributed by atoms with E-state index in [2.05, 4.69) is 18.7 Å². The van der Waals surface area contributed by atoms with Crippen LogP contribution in [0.1, 0.15) is 32.3 Å². The summed E-state index contributed by atoms with van der Waals surface area (Å²) in [5.41, 5.74) is 2.02. The highest BCUT2D eigenvalue weighted by atomic mass is 35.5. The molecule has 90 valence electrons. The maximum atomic E-state index is 9.32. The number of nitrogens with zero attached hydrogens (tertiary/aromatic N) is 1. The van der Waals surface area contributed by atoms with Gasteiger partial charge in [0.05, 0.1) is 6.61 Å². The monoisotopic (exact) mass is 241 g/mol. The lowest BCUT2D eigenvalue weighted by Gasteiger charge is -2.26. The predicted molar refractivity (Wildman–Crippen MR) is 70.2 cm³/mol. The Labute approximate surface area is 103 Å². The molecule has 3 heteroatoms. The van der Waals surface area contributed by atoms with Gasteiger partial charge in [-0.15, -0.1) is 0 Å². The molecule has 0 aromatic heterocycles. The van der Waals surface area contributed by atoms with Crippen LogP contribution in [0.5, 0.6) is 0 Å². The molecule has 0 bridgehead atoms. The molecule has 0 aliphatic heterocycles. The number of halogens is 1. The molecule has 0 amide bonds. The average molecular weight is 242 g/mol. The first-order valence-electron chi connectivity index (χ1n) is 5.87. The predicted octanol–water partition coefficient (Wildman–Crippen LogP) is 3.46. The second-order valence-corrected chi connectivity index (χ2v) is 4.35. The van der Waals surface area contributed by atoms with Crippen molar-refractivity contribution in [3.8, 4) is 0 Å². The van der Waals surface area contributed by atoms with Gasteiger partial charge in [0.15, 0.2) is 0 Å². The van der Waals surface area contributed by atoms with E-state index in [1.54, 1.807) is 0 Å². The summed E-state index contributed by atoms with van der Waals surface area (Å²) in [6.45, 7) is 6.39. The van der Waals surface area contributed by atoms with Gasteiger partial charge in [-0.25, -0.2) is 0 Å². The van der Waals surface area contributed by atoms with Crippen molar-refractivity contribution in [2.45, 2.75) is 33.3 Å². The fourth-order valence-corrected chi connectivity index (χ4v) is 2.02. The molecule has 0 spiro atoms. The van der Waals surface area contributed by atoms with Gasteiger partial charge >= 0.3 is 0 Å². The SMILES string of the molecule is CCCN(CCC)c1cc(Cl)ccc1CO. The Morgan fingerprint density at radius 1 is 1.19 bits per heavy atom. The first kappa shape index (κ1) is 13.3. The third-order valence-electron chi connectivity index (χ3n) is 2.55. The third-order valence-corrected chi connectivity index (χ3v) is 2.78. The third kappa shape index (κ3) is 3.39. The van der Waals surface area contributed by atoms with Crippen LogP contribution in [-0.4, -0.2) is 18.2 Å². The Morgan fingerprint density at radius 3 is 2.31 bits per heavy atom. The van der Waals surface area contributed by atoms with Crippen molar-refractivity contribution in [1.29, 1.82) is 0 Å². The van der Waals surface area contributed by atoms with E-state index >= 15 is 0 Å². The van der Waals surface area contributed by atoms with E-state index in [0.29, 0.717) is 0 Å². The van der Waals surface area contributed by atoms with Gasteiger partial charge in [0.1, 0.15) is 0 Å². The fraction of sp³-hybridized carbons (Fsp3) is 0.538. The van der Waals surface area contributed by atoms with Crippen LogP contribution >= 0.6 is 11.6 Å². The van der Waals surface area contributed by atoms with Crippen LogP contribution in [0.15, 0.2) is 18.2 Å². The van der Waals surface area contributed by atoms with Crippen LogP contribution in [-0.2, 0) is 6.61 Å². The van der Waals surface area contributed by atoms with Gasteiger partial charge in [-0.3, -0.25) is 0 Å². The minimum atomic E-state index is 0.0659. The Balaban J connectivity index is 3.00. The van der Waals surface area contributed by atoms with E-state index < -0.39 is 0 Å². The maximum absolute atomic E-state index is 9.32. The second-order valence-electron chi connectivity index (χ2n) is 3.92. The fourth-order valence-electron chi connectivity index (χ4n) is 1.86. The number of aliphatic hydroxyl groups excluding tert-OH is 1. The minimum Gasteiger partial charge on any atom is -0.392 e. The van der Waals surface area contributed by atoms with Crippen LogP contribution in [0.2, 0.25) is 5.02 Å². The number of rotatable bonds is 6. The number of hydrogen-bond acceptors (Lipinski definition) is 2. The molecule has 0 saturated heterocycles. The molecule has 0 unspecified atom stereocenters. The molecule has 0 atom stereocenters. The topological polar surface area (TPSA) is 23.5 Å². The lowest BCUT2D eigenvalue weighted by molar-refractivity contribution is 0.282. The van der Waals surface area contributed by atoms with Crippen LogP contribution in [0.3, 0.4) is 0 Å². The Morgan fingerprint density at radius 2 is 1.81 bits per heavy atom. The van der Waals surface area contributed by atoms with E-state index in [1.807, 2.05) is 18.2 Å². The van der Waals surface area contributed by atoms with E-state index in [-0.39, 0.29) is 6.61 Å². The first-order chi connectivity index (χ1) is 7.72. The quantitative estimate of drug-likeness (QED) is 0.825. The van der Waals surface area contributed by atoms with Crippen molar-refractivity contribution in [3.63, 3.8) is 0 Å². The Hall–Kier alpha value is -0.730. The number of benzene rings is 1. The average Bonchev–Trinajstić information content (AvgIpc) is 2.29. The summed E-state index contributed by atoms with van der Waals surface area (Å²) in [5, 5.41) is 10.1. The molecule has 0 aliphatic carbocycles. The van der Waals surface area contributed by atoms with Crippen molar-refractivity contribution in [3.05, 3.63) is 28.8 Å². The Kier molecular flexibility index (Phi) is 5.64. The van der Waals surface area contributed by atoms with Crippen LogP contribution < -0.4 is 4.90 Å². The largest absolute Gasteiger partial charge is 0.392 e. The zero-order valence-corrected chi connectivity index (χ0v) is 10.8. The molecule has 1 N–H and O–H groups in total. The highest BCUT2D eigenvalue weighted by Gasteiger charge is 2.09. The van der Waals surface area contributed by atoms with E-state index in [9.17, 15) is 5.11 Å². The molecule has 1 aromatic rings. The van der Waals surface area contributed by atoms with E-state index in [0.717, 1.165) is 42.2 Å². The molecule has 1 aromatic carbocycles. The van der Waals surface area contributed by atoms with Gasteiger partial charge in [0, 0.05) is 29.4 Å². The van der Waals surface area contributed by atoms with Gasteiger partial charge in [-0.1, -0.05) is 31.5 Å². The normalized spacial score (nSPS) is 10.5. The molecular weight excluding hydrogens is 222 g/mol. The van der Waals surface area contributed by atoms with Crippen LogP contribution in [0, 0.1) is 0 Å². The highest BCUT2D eigenvalue weighted by Crippen LogP contribution is 2.25. The zero-order valence-electron chi connectivity index (χ0n) is 10.0. The molecule has 0 radical (unpaired) electrons. The molecule has 0 saturated carbocycles. The molecule has 16 heavy (non-hydrogen) atoms. The number of aliphatic hydroxyl groups is 1. The Bertz CT molecular complexity index is 322. The van der Waals surface area contributed by atoms with Crippen molar-refractivity contribution in [1.82, 2.24) is 0 Å². The lowest BCUT2D eigenvalue weighted by atomic mass is 10.1. The van der Waals surface area contributed by atoms with Crippen LogP contribution in [0.4, 0.5) is 5.69 Å². The van der Waals surface area contributed by atoms with Gasteiger partial charge in [-0.2, -0.15) is 0 Å². The maximum Gasteiger partial charge on any atom is 0.0702 e. The summed E-state index contributed by atoms with van der Waals surface area (Å²) >= 11 is 6.01. The van der Waals surface area contributed by atoms with Crippen molar-refractivity contribution in [2.75, 3.05) is 18.0 Å². The second kappa shape index (κ2) is 6.77. The van der Waals surface area contributed by atoms with Crippen molar-refractivity contribution in [2.24, 2.45) is 0 Å². The van der Waals surface area contributed by atoms with Gasteiger partial charge in [0.25, 0.3) is 0 Å². The summed E-state index contributed by atoms with van der Waals surface area (Å²) in [6, 6.07) is 5.67. The zero-order chi connectivity index (χ0) is 12.0. The van der Waals surface area contributed by atoms with Crippen molar-refractivity contribution >= 4 is 17.3 Å². The minimum absolute atomic E-state index is 0.0659. The van der Waals surface area contributed by atoms with E-state index in [4.69, 9.17) is 11.6 Å². The standard InChI is InChI=1S/C13H20ClNO/c1-3-7-15(8-4-2)13-9-12(14)6-5-11(13)10-16/h5-6,9,16H,3-4,7-8,10H2,1-2H3. The first-order valence-corrected chi connectivity index (χ1v) is 6.25. The summed E-state index contributed by atoms with van der Waals surface area (Å²) in [7, 11) is 0. The molecule has 2 nitrogen and oxygen atoms in total. The summed E-state index contributed by atoms with van der Waals surface area (Å²) < 4.78 is 0.